The first kappa shape index (κ1) is 26.1. The highest BCUT2D eigenvalue weighted by molar-refractivity contribution is 6.01. The van der Waals surface area contributed by atoms with Gasteiger partial charge in [-0.3, -0.25) is 0 Å². The highest BCUT2D eigenvalue weighted by Gasteiger charge is 2.45. The van der Waals surface area contributed by atoms with Gasteiger partial charge in [-0.15, -0.1) is 0 Å². The average molecular weight is 572 g/mol. The molecule has 3 aromatic carbocycles. The minimum atomic E-state index is -0.534. The Morgan fingerprint density at radius 2 is 1.71 bits per heavy atom. The van der Waals surface area contributed by atoms with Crippen molar-refractivity contribution in [2.45, 2.75) is 50.6 Å². The molecule has 3 aliphatic heterocycles. The van der Waals surface area contributed by atoms with E-state index < -0.39 is 11.6 Å². The van der Waals surface area contributed by atoms with Crippen molar-refractivity contribution >= 4 is 27.5 Å². The molecular formula is C33H35F2N5O2. The van der Waals surface area contributed by atoms with E-state index in [4.69, 9.17) is 9.72 Å². The number of aromatic nitrogens is 2. The fourth-order valence-corrected chi connectivity index (χ4v) is 7.30. The van der Waals surface area contributed by atoms with Gasteiger partial charge in [-0.2, -0.15) is 9.97 Å². The number of rotatable bonds is 7. The molecule has 2 bridgehead atoms. The number of fused-ring (bicyclic) bond motifs is 4. The number of nitrogens with zero attached hydrogens (tertiary/aromatic N) is 4. The van der Waals surface area contributed by atoms with Gasteiger partial charge >= 0.3 is 6.01 Å². The Labute approximate surface area is 243 Å². The SMILES string of the molecule is Oc1cc(-c2ccc3c(N4CC5CCC(C4)N5)nc(OCC4(CN5CCCC5)CC4)nc3c2F)c2cc(F)ccc2c1. The lowest BCUT2D eigenvalue weighted by atomic mass is 9.96. The zero-order valence-corrected chi connectivity index (χ0v) is 23.6. The summed E-state index contributed by atoms with van der Waals surface area (Å²) in [6.45, 7) is 5.41. The molecule has 1 aromatic heterocycles. The molecule has 4 aliphatic rings. The topological polar surface area (TPSA) is 73.8 Å². The van der Waals surface area contributed by atoms with E-state index in [9.17, 15) is 9.50 Å². The molecule has 8 rings (SSSR count). The molecule has 4 aromatic rings. The summed E-state index contributed by atoms with van der Waals surface area (Å²) in [5, 5.41) is 15.9. The molecule has 9 heteroatoms. The molecule has 4 heterocycles. The molecule has 1 aliphatic carbocycles. The molecule has 0 radical (unpaired) electrons. The summed E-state index contributed by atoms with van der Waals surface area (Å²) in [6, 6.07) is 11.8. The second-order valence-corrected chi connectivity index (χ2v) is 12.8. The Kier molecular flexibility index (Phi) is 6.23. The number of phenols is 1. The predicted octanol–water partition coefficient (Wildman–Crippen LogP) is 5.63. The number of anilines is 1. The van der Waals surface area contributed by atoms with Gasteiger partial charge in [-0.05, 0) is 98.3 Å². The molecule has 42 heavy (non-hydrogen) atoms. The maximum atomic E-state index is 16.6. The van der Waals surface area contributed by atoms with Crippen molar-refractivity contribution < 1.29 is 18.6 Å². The number of halogens is 2. The Morgan fingerprint density at radius 1 is 0.929 bits per heavy atom. The lowest BCUT2D eigenvalue weighted by molar-refractivity contribution is 0.170. The van der Waals surface area contributed by atoms with Crippen LogP contribution in [0.3, 0.4) is 0 Å². The number of phenolic OH excluding ortho intramolecular Hbond substituents is 1. The van der Waals surface area contributed by atoms with E-state index in [1.807, 2.05) is 6.07 Å². The lowest BCUT2D eigenvalue weighted by Gasteiger charge is -2.34. The third-order valence-electron chi connectivity index (χ3n) is 9.70. The van der Waals surface area contributed by atoms with Crippen LogP contribution in [0.15, 0.2) is 42.5 Å². The van der Waals surface area contributed by atoms with Crippen LogP contribution in [0.4, 0.5) is 14.6 Å². The maximum absolute atomic E-state index is 16.6. The number of piperazine rings is 1. The van der Waals surface area contributed by atoms with Crippen LogP contribution >= 0.6 is 0 Å². The van der Waals surface area contributed by atoms with Gasteiger partial charge in [0.05, 0.1) is 6.61 Å². The summed E-state index contributed by atoms with van der Waals surface area (Å²) in [4.78, 5) is 14.3. The Balaban J connectivity index is 1.21. The molecule has 7 nitrogen and oxygen atoms in total. The van der Waals surface area contributed by atoms with Gasteiger partial charge in [0, 0.05) is 48.1 Å². The molecule has 3 saturated heterocycles. The Bertz CT molecular complexity index is 1670. The number of hydrogen-bond acceptors (Lipinski definition) is 7. The minimum Gasteiger partial charge on any atom is -0.508 e. The van der Waals surface area contributed by atoms with Crippen molar-refractivity contribution in [3.8, 4) is 22.9 Å². The van der Waals surface area contributed by atoms with E-state index in [2.05, 4.69) is 20.1 Å². The van der Waals surface area contributed by atoms with Gasteiger partial charge < -0.3 is 25.0 Å². The number of aromatic hydroxyl groups is 1. The number of ether oxygens (including phenoxy) is 1. The fourth-order valence-electron chi connectivity index (χ4n) is 7.30. The predicted molar refractivity (Wildman–Crippen MR) is 159 cm³/mol. The maximum Gasteiger partial charge on any atom is 0.319 e. The second kappa shape index (κ2) is 10.0. The Hall–Kier alpha value is -3.56. The second-order valence-electron chi connectivity index (χ2n) is 12.8. The zero-order chi connectivity index (χ0) is 28.4. The molecule has 0 spiro atoms. The molecule has 4 fully saturated rings. The van der Waals surface area contributed by atoms with E-state index in [0.717, 1.165) is 58.4 Å². The van der Waals surface area contributed by atoms with E-state index in [1.165, 1.54) is 31.0 Å². The number of likely N-dealkylation sites (tertiary alicyclic amines) is 1. The lowest BCUT2D eigenvalue weighted by Crippen LogP contribution is -2.51. The van der Waals surface area contributed by atoms with Crippen molar-refractivity contribution in [2.75, 3.05) is 44.2 Å². The molecular weight excluding hydrogens is 536 g/mol. The van der Waals surface area contributed by atoms with E-state index in [0.29, 0.717) is 46.2 Å². The first-order valence-electron chi connectivity index (χ1n) is 15.2. The normalized spacial score (nSPS) is 23.2. The molecule has 218 valence electrons. The summed E-state index contributed by atoms with van der Waals surface area (Å²) in [5.74, 6) is -0.282. The van der Waals surface area contributed by atoms with Gasteiger partial charge in [0.25, 0.3) is 0 Å². The monoisotopic (exact) mass is 571 g/mol. The molecule has 1 saturated carbocycles. The van der Waals surface area contributed by atoms with E-state index >= 15 is 4.39 Å². The molecule has 2 N–H and O–H groups in total. The van der Waals surface area contributed by atoms with Crippen LogP contribution in [0.2, 0.25) is 0 Å². The third-order valence-corrected chi connectivity index (χ3v) is 9.70. The van der Waals surface area contributed by atoms with Crippen LogP contribution in [0.25, 0.3) is 32.8 Å². The van der Waals surface area contributed by atoms with Crippen molar-refractivity contribution in [3.05, 3.63) is 54.1 Å². The first-order valence-corrected chi connectivity index (χ1v) is 15.2. The third kappa shape index (κ3) is 4.72. The number of nitrogens with one attached hydrogen (secondary N) is 1. The number of hydrogen-bond donors (Lipinski definition) is 2. The molecule has 0 amide bonds. The van der Waals surface area contributed by atoms with E-state index in [-0.39, 0.29) is 28.3 Å². The van der Waals surface area contributed by atoms with Crippen LogP contribution in [0.1, 0.15) is 38.5 Å². The standard InChI is InChI=1S/C33H35F2N5O2/c34-21-4-3-20-13-24(41)15-28(27(20)14-21)25-7-8-26-30(29(25)35)37-32(38-31(26)40-16-22-5-6-23(17-40)36-22)42-19-33(9-10-33)18-39-11-1-2-12-39/h3-4,7-8,13-15,22-23,36,41H,1-2,5-6,9-12,16-19H2. The van der Waals surface area contributed by atoms with Gasteiger partial charge in [0.2, 0.25) is 0 Å². The van der Waals surface area contributed by atoms with Crippen molar-refractivity contribution in [3.63, 3.8) is 0 Å². The zero-order valence-electron chi connectivity index (χ0n) is 23.6. The Morgan fingerprint density at radius 3 is 2.48 bits per heavy atom. The summed E-state index contributed by atoms with van der Waals surface area (Å²) >= 11 is 0. The van der Waals surface area contributed by atoms with Gasteiger partial charge in [0.15, 0.2) is 5.82 Å². The summed E-state index contributed by atoms with van der Waals surface area (Å²) in [5.41, 5.74) is 0.949. The van der Waals surface area contributed by atoms with Gasteiger partial charge in [0.1, 0.15) is 22.9 Å². The average Bonchev–Trinajstić information content (AvgIpc) is 3.38. The van der Waals surface area contributed by atoms with Crippen LogP contribution < -0.4 is 15.0 Å². The summed E-state index contributed by atoms with van der Waals surface area (Å²) in [7, 11) is 0. The largest absolute Gasteiger partial charge is 0.508 e. The van der Waals surface area contributed by atoms with Crippen molar-refractivity contribution in [1.82, 2.24) is 20.2 Å². The van der Waals surface area contributed by atoms with Crippen molar-refractivity contribution in [2.24, 2.45) is 5.41 Å². The highest BCUT2D eigenvalue weighted by atomic mass is 19.1. The smallest absolute Gasteiger partial charge is 0.319 e. The number of benzene rings is 3. The van der Waals surface area contributed by atoms with Crippen LogP contribution in [0, 0.1) is 17.0 Å². The first-order chi connectivity index (χ1) is 20.4. The summed E-state index contributed by atoms with van der Waals surface area (Å²) in [6.07, 6.45) is 6.97. The van der Waals surface area contributed by atoms with Crippen LogP contribution in [-0.2, 0) is 0 Å². The molecule has 2 unspecified atom stereocenters. The van der Waals surface area contributed by atoms with Gasteiger partial charge in [-0.1, -0.05) is 12.1 Å². The fraction of sp³-hybridized carbons (Fsp3) is 0.455. The summed E-state index contributed by atoms with van der Waals surface area (Å²) < 4.78 is 37.2. The van der Waals surface area contributed by atoms with Crippen LogP contribution in [-0.4, -0.2) is 71.4 Å². The quantitative estimate of drug-likeness (QED) is 0.298. The van der Waals surface area contributed by atoms with E-state index in [1.54, 1.807) is 18.2 Å². The van der Waals surface area contributed by atoms with Crippen LogP contribution in [0.5, 0.6) is 11.8 Å². The minimum absolute atomic E-state index is 0.0139. The molecule has 2 atom stereocenters. The van der Waals surface area contributed by atoms with Crippen molar-refractivity contribution in [1.29, 1.82) is 0 Å². The highest BCUT2D eigenvalue weighted by Crippen LogP contribution is 2.47. The van der Waals surface area contributed by atoms with Gasteiger partial charge in [-0.25, -0.2) is 8.78 Å².